The number of nitrogens with zero attached hydrogens (tertiary/aromatic N) is 2. The van der Waals surface area contributed by atoms with Gasteiger partial charge in [-0.15, -0.1) is 0 Å². The van der Waals surface area contributed by atoms with E-state index < -0.39 is 0 Å². The molecule has 0 amide bonds. The third-order valence-corrected chi connectivity index (χ3v) is 3.62. The van der Waals surface area contributed by atoms with Gasteiger partial charge in [0.25, 0.3) is 0 Å². The van der Waals surface area contributed by atoms with Gasteiger partial charge in [0.2, 0.25) is 0 Å². The Bertz CT molecular complexity index is 548. The van der Waals surface area contributed by atoms with Crippen molar-refractivity contribution in [3.63, 3.8) is 0 Å². The Hall–Kier alpha value is -0.850. The largest absolute Gasteiger partial charge is 0.493 e. The third-order valence-electron chi connectivity index (χ3n) is 2.71. The van der Waals surface area contributed by atoms with Crippen molar-refractivity contribution in [2.75, 3.05) is 7.11 Å². The van der Waals surface area contributed by atoms with E-state index in [9.17, 15) is 0 Å². The minimum Gasteiger partial charge on any atom is -0.493 e. The molecule has 0 fully saturated rings. The number of methoxy groups -OCH3 is 1. The van der Waals surface area contributed by atoms with Crippen molar-refractivity contribution >= 4 is 31.9 Å². The molecule has 0 aliphatic rings. The van der Waals surface area contributed by atoms with Gasteiger partial charge in [-0.1, -0.05) is 31.9 Å². The van der Waals surface area contributed by atoms with Crippen LogP contribution in [-0.2, 0) is 7.05 Å². The normalized spacial score (nSPS) is 12.5. The molecule has 0 saturated carbocycles. The molecule has 0 aliphatic carbocycles. The zero-order valence-corrected chi connectivity index (χ0v) is 13.2. The molecular weight excluding hydrogens is 362 g/mol. The lowest BCUT2D eigenvalue weighted by atomic mass is 10.0. The molecule has 1 aromatic carbocycles. The van der Waals surface area contributed by atoms with E-state index in [0.29, 0.717) is 5.75 Å². The first-order valence-corrected chi connectivity index (χ1v) is 6.89. The van der Waals surface area contributed by atoms with E-state index in [2.05, 4.69) is 37.0 Å². The summed E-state index contributed by atoms with van der Waals surface area (Å²) in [4.78, 5) is 0. The van der Waals surface area contributed by atoms with Gasteiger partial charge in [0.15, 0.2) is 5.75 Å². The third kappa shape index (κ3) is 2.60. The van der Waals surface area contributed by atoms with E-state index in [1.54, 1.807) is 18.0 Å². The van der Waals surface area contributed by atoms with Crippen LogP contribution in [0.1, 0.15) is 17.3 Å². The summed E-state index contributed by atoms with van der Waals surface area (Å²) in [5, 5.41) is 4.17. The van der Waals surface area contributed by atoms with Crippen LogP contribution in [0.3, 0.4) is 0 Å². The topological polar surface area (TPSA) is 53.1 Å². The van der Waals surface area contributed by atoms with Crippen LogP contribution in [0.4, 0.5) is 0 Å². The molecule has 2 N–H and O–H groups in total. The number of nitrogens with two attached hydrogens (primary N) is 1. The molecule has 0 aliphatic heterocycles. The molecule has 0 saturated heterocycles. The Kier molecular flexibility index (Phi) is 4.09. The zero-order valence-electron chi connectivity index (χ0n) is 10.0. The van der Waals surface area contributed by atoms with Crippen LogP contribution in [0.2, 0.25) is 0 Å². The van der Waals surface area contributed by atoms with E-state index in [-0.39, 0.29) is 6.04 Å². The standard InChI is InChI=1S/C12H13Br2N3O/c1-17-12(10(18-2)6-16-17)11(15)7-3-8(13)5-9(14)4-7/h3-6,11H,15H2,1-2H3. The fourth-order valence-electron chi connectivity index (χ4n) is 1.85. The molecule has 1 aromatic heterocycles. The fraction of sp³-hybridized carbons (Fsp3) is 0.250. The monoisotopic (exact) mass is 373 g/mol. The number of rotatable bonds is 3. The first-order chi connectivity index (χ1) is 8.52. The van der Waals surface area contributed by atoms with E-state index >= 15 is 0 Å². The van der Waals surface area contributed by atoms with E-state index in [1.165, 1.54) is 0 Å². The molecule has 2 aromatic rings. The summed E-state index contributed by atoms with van der Waals surface area (Å²) >= 11 is 6.92. The first kappa shape index (κ1) is 13.6. The number of ether oxygens (including phenoxy) is 1. The molecule has 0 radical (unpaired) electrons. The van der Waals surface area contributed by atoms with Crippen molar-refractivity contribution in [2.45, 2.75) is 6.04 Å². The van der Waals surface area contributed by atoms with E-state index in [4.69, 9.17) is 10.5 Å². The Balaban J connectivity index is 2.47. The van der Waals surface area contributed by atoms with Crippen LogP contribution < -0.4 is 10.5 Å². The maximum absolute atomic E-state index is 6.29. The van der Waals surface area contributed by atoms with Gasteiger partial charge in [-0.2, -0.15) is 5.10 Å². The Morgan fingerprint density at radius 2 is 1.89 bits per heavy atom. The Morgan fingerprint density at radius 3 is 2.44 bits per heavy atom. The second kappa shape index (κ2) is 5.42. The highest BCUT2D eigenvalue weighted by Gasteiger charge is 2.19. The lowest BCUT2D eigenvalue weighted by Gasteiger charge is -2.15. The summed E-state index contributed by atoms with van der Waals surface area (Å²) in [7, 11) is 3.47. The smallest absolute Gasteiger partial charge is 0.161 e. The van der Waals surface area contributed by atoms with Gasteiger partial charge >= 0.3 is 0 Å². The average molecular weight is 375 g/mol. The molecule has 96 valence electrons. The Morgan fingerprint density at radius 1 is 1.28 bits per heavy atom. The predicted molar refractivity (Wildman–Crippen MR) is 77.6 cm³/mol. The lowest BCUT2D eigenvalue weighted by Crippen LogP contribution is -2.17. The second-order valence-electron chi connectivity index (χ2n) is 3.90. The highest BCUT2D eigenvalue weighted by molar-refractivity contribution is 9.11. The quantitative estimate of drug-likeness (QED) is 0.898. The molecule has 18 heavy (non-hydrogen) atoms. The lowest BCUT2D eigenvalue weighted by molar-refractivity contribution is 0.406. The number of hydrogen-bond acceptors (Lipinski definition) is 3. The van der Waals surface area contributed by atoms with Gasteiger partial charge in [0.05, 0.1) is 19.3 Å². The highest BCUT2D eigenvalue weighted by atomic mass is 79.9. The first-order valence-electron chi connectivity index (χ1n) is 5.30. The molecule has 1 unspecified atom stereocenters. The molecule has 1 atom stereocenters. The van der Waals surface area contributed by atoms with Crippen molar-refractivity contribution in [3.8, 4) is 5.75 Å². The van der Waals surface area contributed by atoms with Crippen LogP contribution in [0.25, 0.3) is 0 Å². The average Bonchev–Trinajstić information content (AvgIpc) is 2.68. The molecule has 4 nitrogen and oxygen atoms in total. The molecule has 2 rings (SSSR count). The molecular formula is C12H13Br2N3O. The Labute approximate surface area is 122 Å². The minimum atomic E-state index is -0.291. The maximum Gasteiger partial charge on any atom is 0.161 e. The van der Waals surface area contributed by atoms with Crippen LogP contribution in [0, 0.1) is 0 Å². The van der Waals surface area contributed by atoms with Crippen LogP contribution in [0.15, 0.2) is 33.3 Å². The summed E-state index contributed by atoms with van der Waals surface area (Å²) < 4.78 is 8.97. The number of benzene rings is 1. The summed E-state index contributed by atoms with van der Waals surface area (Å²) in [6, 6.07) is 5.65. The zero-order chi connectivity index (χ0) is 13.3. The van der Waals surface area contributed by atoms with E-state index in [1.807, 2.05) is 25.2 Å². The summed E-state index contributed by atoms with van der Waals surface area (Å²) in [6.07, 6.45) is 1.67. The van der Waals surface area contributed by atoms with Crippen molar-refractivity contribution in [1.82, 2.24) is 9.78 Å². The van der Waals surface area contributed by atoms with Gasteiger partial charge in [-0.25, -0.2) is 0 Å². The van der Waals surface area contributed by atoms with Crippen molar-refractivity contribution in [3.05, 3.63) is 44.6 Å². The minimum absolute atomic E-state index is 0.291. The van der Waals surface area contributed by atoms with Gasteiger partial charge in [0.1, 0.15) is 5.69 Å². The molecule has 6 heteroatoms. The van der Waals surface area contributed by atoms with Crippen LogP contribution >= 0.6 is 31.9 Å². The summed E-state index contributed by atoms with van der Waals surface area (Å²) in [5.74, 6) is 0.695. The van der Waals surface area contributed by atoms with Crippen molar-refractivity contribution in [1.29, 1.82) is 0 Å². The maximum atomic E-state index is 6.29. The highest BCUT2D eigenvalue weighted by Crippen LogP contribution is 2.30. The van der Waals surface area contributed by atoms with E-state index in [0.717, 1.165) is 20.2 Å². The number of aromatic nitrogens is 2. The second-order valence-corrected chi connectivity index (χ2v) is 5.73. The van der Waals surface area contributed by atoms with Crippen molar-refractivity contribution < 1.29 is 4.74 Å². The van der Waals surface area contributed by atoms with Crippen molar-refractivity contribution in [2.24, 2.45) is 12.8 Å². The van der Waals surface area contributed by atoms with Gasteiger partial charge in [-0.3, -0.25) is 4.68 Å². The predicted octanol–water partition coefficient (Wildman–Crippen LogP) is 3.00. The summed E-state index contributed by atoms with van der Waals surface area (Å²) in [6.45, 7) is 0. The SMILES string of the molecule is COc1cnn(C)c1C(N)c1cc(Br)cc(Br)c1. The van der Waals surface area contributed by atoms with Crippen LogP contribution in [0.5, 0.6) is 5.75 Å². The van der Waals surface area contributed by atoms with Gasteiger partial charge in [0, 0.05) is 16.0 Å². The van der Waals surface area contributed by atoms with Gasteiger partial charge < -0.3 is 10.5 Å². The number of hydrogen-bond donors (Lipinski definition) is 1. The molecule has 0 spiro atoms. The molecule has 1 heterocycles. The number of aryl methyl sites for hydroxylation is 1. The fourth-order valence-corrected chi connectivity index (χ4v) is 3.18. The number of halogens is 2. The van der Waals surface area contributed by atoms with Gasteiger partial charge in [-0.05, 0) is 23.8 Å². The molecule has 0 bridgehead atoms. The summed E-state index contributed by atoms with van der Waals surface area (Å²) in [5.41, 5.74) is 8.13. The van der Waals surface area contributed by atoms with Crippen LogP contribution in [-0.4, -0.2) is 16.9 Å².